The first-order valence-corrected chi connectivity index (χ1v) is 10.9. The van der Waals surface area contributed by atoms with Crippen molar-refractivity contribution in [3.63, 3.8) is 0 Å². The largest absolute Gasteiger partial charge is 0.369 e. The van der Waals surface area contributed by atoms with Gasteiger partial charge in [0, 0.05) is 23.3 Å². The molecule has 1 N–H and O–H groups in total. The first-order valence-electron chi connectivity index (χ1n) is 9.66. The van der Waals surface area contributed by atoms with Crippen molar-refractivity contribution < 1.29 is 4.79 Å². The second kappa shape index (κ2) is 7.54. The average molecular weight is 426 g/mol. The van der Waals surface area contributed by atoms with Crippen molar-refractivity contribution in [1.29, 1.82) is 0 Å². The lowest BCUT2D eigenvalue weighted by atomic mass is 9.80. The van der Waals surface area contributed by atoms with Gasteiger partial charge in [-0.2, -0.15) is 0 Å². The molecule has 0 aromatic heterocycles. The number of benzene rings is 2. The molecule has 4 nitrogen and oxygen atoms in total. The van der Waals surface area contributed by atoms with Gasteiger partial charge in [0.15, 0.2) is 5.17 Å². The van der Waals surface area contributed by atoms with Crippen LogP contribution in [0.3, 0.4) is 0 Å². The fourth-order valence-electron chi connectivity index (χ4n) is 3.98. The van der Waals surface area contributed by atoms with Crippen molar-refractivity contribution in [1.82, 2.24) is 5.32 Å². The van der Waals surface area contributed by atoms with Crippen LogP contribution < -0.4 is 10.2 Å². The van der Waals surface area contributed by atoms with E-state index >= 15 is 0 Å². The standard InChI is InChI=1S/C23H24ClN3OS/c1-14-13-23(2,3)27(4)19-9-8-15(10-18(14)19)11-20-21(28)26-22(29-20)25-17-7-5-6-16(24)12-17/h5-12,14H,13H2,1-4H3,(H,25,26,28)/b20-11-/t14-/m0/s1. The third-order valence-electron chi connectivity index (χ3n) is 5.65. The Hall–Kier alpha value is -2.24. The number of halogens is 1. The third-order valence-corrected chi connectivity index (χ3v) is 6.79. The van der Waals surface area contributed by atoms with Crippen LogP contribution in [-0.2, 0) is 4.79 Å². The molecule has 0 saturated carbocycles. The van der Waals surface area contributed by atoms with Gasteiger partial charge in [0.2, 0.25) is 0 Å². The average Bonchev–Trinajstić information content (AvgIpc) is 2.98. The van der Waals surface area contributed by atoms with Crippen molar-refractivity contribution in [2.45, 2.75) is 38.6 Å². The molecule has 1 atom stereocenters. The lowest BCUT2D eigenvalue weighted by Crippen LogP contribution is -2.45. The Balaban J connectivity index is 1.60. The number of amides is 1. The molecule has 29 heavy (non-hydrogen) atoms. The normalized spacial score (nSPS) is 23.4. The highest BCUT2D eigenvalue weighted by atomic mass is 35.5. The summed E-state index contributed by atoms with van der Waals surface area (Å²) in [6.07, 6.45) is 3.04. The van der Waals surface area contributed by atoms with Crippen LogP contribution in [0.5, 0.6) is 0 Å². The number of nitrogens with zero attached hydrogens (tertiary/aromatic N) is 2. The zero-order chi connectivity index (χ0) is 20.8. The van der Waals surface area contributed by atoms with Crippen molar-refractivity contribution in [2.75, 3.05) is 11.9 Å². The van der Waals surface area contributed by atoms with Gasteiger partial charge in [0.1, 0.15) is 0 Å². The molecule has 0 spiro atoms. The quantitative estimate of drug-likeness (QED) is 0.604. The van der Waals surface area contributed by atoms with Gasteiger partial charge < -0.3 is 10.2 Å². The molecule has 0 aliphatic carbocycles. The summed E-state index contributed by atoms with van der Waals surface area (Å²) in [5.74, 6) is 0.347. The maximum absolute atomic E-state index is 12.4. The molecule has 2 aliphatic heterocycles. The number of carbonyl (C=O) groups is 1. The topological polar surface area (TPSA) is 44.7 Å². The molecule has 0 unspecified atom stereocenters. The maximum atomic E-state index is 12.4. The number of carbonyl (C=O) groups excluding carboxylic acids is 1. The Morgan fingerprint density at radius 2 is 2.07 bits per heavy atom. The minimum absolute atomic E-state index is 0.125. The van der Waals surface area contributed by atoms with Crippen LogP contribution in [0.15, 0.2) is 52.4 Å². The molecule has 1 saturated heterocycles. The lowest BCUT2D eigenvalue weighted by Gasteiger charge is -2.45. The van der Waals surface area contributed by atoms with Gasteiger partial charge in [-0.3, -0.25) is 4.79 Å². The second-order valence-corrected chi connectivity index (χ2v) is 9.72. The van der Waals surface area contributed by atoms with Crippen LogP contribution in [0.1, 0.15) is 44.2 Å². The predicted octanol–water partition coefficient (Wildman–Crippen LogP) is 5.95. The number of amidine groups is 1. The Labute approximate surface area is 181 Å². The van der Waals surface area contributed by atoms with Gasteiger partial charge in [0.05, 0.1) is 10.6 Å². The molecule has 2 aromatic rings. The van der Waals surface area contributed by atoms with E-state index in [4.69, 9.17) is 11.6 Å². The van der Waals surface area contributed by atoms with E-state index in [0.717, 1.165) is 17.7 Å². The molecule has 2 aliphatic rings. The van der Waals surface area contributed by atoms with Crippen LogP contribution in [0.25, 0.3) is 6.08 Å². The van der Waals surface area contributed by atoms with Gasteiger partial charge in [-0.25, -0.2) is 4.99 Å². The SMILES string of the molecule is C[C@H]1CC(C)(C)N(C)c2ccc(/C=C3\SC(=Nc4cccc(Cl)c4)NC3=O)cc21. The summed E-state index contributed by atoms with van der Waals surface area (Å²) in [5, 5.41) is 4.02. The van der Waals surface area contributed by atoms with E-state index in [1.54, 1.807) is 12.1 Å². The number of aliphatic imine (C=N–C) groups is 1. The van der Waals surface area contributed by atoms with E-state index in [-0.39, 0.29) is 11.4 Å². The van der Waals surface area contributed by atoms with E-state index in [2.05, 4.69) is 61.2 Å². The minimum Gasteiger partial charge on any atom is -0.369 e. The monoisotopic (exact) mass is 425 g/mol. The smallest absolute Gasteiger partial charge is 0.264 e. The second-order valence-electron chi connectivity index (χ2n) is 8.26. The Kier molecular flexibility index (Phi) is 5.21. The number of hydrogen-bond acceptors (Lipinski definition) is 4. The Bertz CT molecular complexity index is 1040. The van der Waals surface area contributed by atoms with E-state index in [1.165, 1.54) is 23.0 Å². The fourth-order valence-corrected chi connectivity index (χ4v) is 5.01. The molecule has 6 heteroatoms. The molecule has 2 aromatic carbocycles. The van der Waals surface area contributed by atoms with Crippen LogP contribution in [0.4, 0.5) is 11.4 Å². The summed E-state index contributed by atoms with van der Waals surface area (Å²) >= 11 is 7.36. The van der Waals surface area contributed by atoms with Gasteiger partial charge in [-0.05, 0) is 85.5 Å². The Morgan fingerprint density at radius 3 is 2.83 bits per heavy atom. The summed E-state index contributed by atoms with van der Waals surface area (Å²) in [6, 6.07) is 13.7. The summed E-state index contributed by atoms with van der Waals surface area (Å²) in [7, 11) is 2.15. The van der Waals surface area contributed by atoms with Crippen LogP contribution in [0, 0.1) is 0 Å². The van der Waals surface area contributed by atoms with Crippen molar-refractivity contribution >= 4 is 51.9 Å². The molecular formula is C23H24ClN3OS. The molecule has 150 valence electrons. The van der Waals surface area contributed by atoms with E-state index < -0.39 is 0 Å². The third kappa shape index (κ3) is 4.07. The summed E-state index contributed by atoms with van der Waals surface area (Å²) in [4.78, 5) is 19.9. The number of thioether (sulfide) groups is 1. The van der Waals surface area contributed by atoms with Crippen molar-refractivity contribution in [2.24, 2.45) is 4.99 Å². The number of hydrogen-bond donors (Lipinski definition) is 1. The van der Waals surface area contributed by atoms with E-state index in [1.807, 2.05) is 18.2 Å². The zero-order valence-corrected chi connectivity index (χ0v) is 18.6. The van der Waals surface area contributed by atoms with Crippen LogP contribution in [-0.4, -0.2) is 23.7 Å². The van der Waals surface area contributed by atoms with Gasteiger partial charge >= 0.3 is 0 Å². The highest BCUT2D eigenvalue weighted by Gasteiger charge is 2.34. The molecule has 1 fully saturated rings. The predicted molar refractivity (Wildman–Crippen MR) is 124 cm³/mol. The first kappa shape index (κ1) is 20.0. The molecule has 0 bridgehead atoms. The van der Waals surface area contributed by atoms with Gasteiger partial charge in [-0.1, -0.05) is 30.7 Å². The minimum atomic E-state index is -0.125. The van der Waals surface area contributed by atoms with E-state index in [9.17, 15) is 4.79 Å². The summed E-state index contributed by atoms with van der Waals surface area (Å²) in [5.41, 5.74) is 4.49. The molecule has 2 heterocycles. The lowest BCUT2D eigenvalue weighted by molar-refractivity contribution is -0.115. The first-order chi connectivity index (χ1) is 13.7. The summed E-state index contributed by atoms with van der Waals surface area (Å²) in [6.45, 7) is 6.84. The molecular weight excluding hydrogens is 402 g/mol. The number of nitrogens with one attached hydrogen (secondary N) is 1. The molecule has 0 radical (unpaired) electrons. The zero-order valence-electron chi connectivity index (χ0n) is 17.0. The van der Waals surface area contributed by atoms with Gasteiger partial charge in [-0.15, -0.1) is 0 Å². The van der Waals surface area contributed by atoms with Crippen LogP contribution >= 0.6 is 23.4 Å². The van der Waals surface area contributed by atoms with Crippen LogP contribution in [0.2, 0.25) is 5.02 Å². The Morgan fingerprint density at radius 1 is 1.28 bits per heavy atom. The summed E-state index contributed by atoms with van der Waals surface area (Å²) < 4.78 is 0. The highest BCUT2D eigenvalue weighted by molar-refractivity contribution is 8.18. The number of fused-ring (bicyclic) bond motifs is 1. The maximum Gasteiger partial charge on any atom is 0.264 e. The highest BCUT2D eigenvalue weighted by Crippen LogP contribution is 2.43. The van der Waals surface area contributed by atoms with E-state index in [0.29, 0.717) is 21.0 Å². The molecule has 1 amide bonds. The fraction of sp³-hybridized carbons (Fsp3) is 0.304. The molecule has 4 rings (SSSR count). The van der Waals surface area contributed by atoms with Crippen molar-refractivity contribution in [3.8, 4) is 0 Å². The number of rotatable bonds is 2. The number of anilines is 1. The van der Waals surface area contributed by atoms with Crippen molar-refractivity contribution in [3.05, 3.63) is 63.5 Å². The van der Waals surface area contributed by atoms with Gasteiger partial charge in [0.25, 0.3) is 5.91 Å².